The summed E-state index contributed by atoms with van der Waals surface area (Å²) < 4.78 is 11.7. The van der Waals surface area contributed by atoms with Gasteiger partial charge in [-0.05, 0) is 43.7 Å². The summed E-state index contributed by atoms with van der Waals surface area (Å²) in [5, 5.41) is 0. The van der Waals surface area contributed by atoms with Gasteiger partial charge >= 0.3 is 0 Å². The Kier molecular flexibility index (Phi) is 7.29. The molecule has 1 unspecified atom stereocenters. The Morgan fingerprint density at radius 2 is 1.83 bits per heavy atom. The molecule has 8 nitrogen and oxygen atoms in total. The lowest BCUT2D eigenvalue weighted by molar-refractivity contribution is -0.136. The molecule has 0 saturated carbocycles. The van der Waals surface area contributed by atoms with Crippen LogP contribution < -0.4 is 25.2 Å². The van der Waals surface area contributed by atoms with E-state index in [2.05, 4.69) is 26.8 Å². The fourth-order valence-corrected chi connectivity index (χ4v) is 3.45. The van der Waals surface area contributed by atoms with Crippen molar-refractivity contribution in [2.75, 3.05) is 24.7 Å². The van der Waals surface area contributed by atoms with Crippen LogP contribution in [-0.2, 0) is 14.4 Å². The molecule has 3 amide bonds. The van der Waals surface area contributed by atoms with Crippen molar-refractivity contribution in [2.24, 2.45) is 5.92 Å². The van der Waals surface area contributed by atoms with E-state index >= 15 is 0 Å². The molecule has 1 heterocycles. The summed E-state index contributed by atoms with van der Waals surface area (Å²) in [4.78, 5) is 38.6. The molecule has 1 saturated heterocycles. The van der Waals surface area contributed by atoms with Gasteiger partial charge in [-0.2, -0.15) is 0 Å². The molecule has 0 spiro atoms. The first-order valence-corrected chi connectivity index (χ1v) is 10.3. The van der Waals surface area contributed by atoms with Gasteiger partial charge in [0.05, 0.1) is 6.61 Å². The lowest BCUT2D eigenvalue weighted by Gasteiger charge is -2.17. The van der Waals surface area contributed by atoms with E-state index in [4.69, 9.17) is 9.47 Å². The molecule has 0 radical (unpaired) electrons. The summed E-state index contributed by atoms with van der Waals surface area (Å²) in [6.07, 6.45) is 0.366. The minimum Gasteiger partial charge on any atom is -0.490 e. The first-order chi connectivity index (χ1) is 14.5. The van der Waals surface area contributed by atoms with E-state index in [1.54, 1.807) is 29.2 Å². The number of carbonyl (C=O) groups is 3. The second-order valence-electron chi connectivity index (χ2n) is 6.52. The molecule has 0 aliphatic carbocycles. The number of hydrazine groups is 1. The molecule has 3 rings (SSSR count). The minimum atomic E-state index is -0.858. The number of carbonyl (C=O) groups excluding carboxylic acids is 3. The molecule has 2 N–H and O–H groups in total. The van der Waals surface area contributed by atoms with Crippen molar-refractivity contribution in [3.8, 4) is 11.5 Å². The molecule has 9 heteroatoms. The molecule has 1 fully saturated rings. The van der Waals surface area contributed by atoms with Crippen LogP contribution in [0, 0.1) is 5.92 Å². The van der Waals surface area contributed by atoms with Crippen LogP contribution in [0.3, 0.4) is 0 Å². The summed E-state index contributed by atoms with van der Waals surface area (Å²) in [6.45, 7) is 2.43. The van der Waals surface area contributed by atoms with Gasteiger partial charge < -0.3 is 14.4 Å². The number of hydrogen-bond acceptors (Lipinski definition) is 5. The predicted octanol–water partition coefficient (Wildman–Crippen LogP) is 2.43. The third kappa shape index (κ3) is 5.29. The van der Waals surface area contributed by atoms with Crippen molar-refractivity contribution in [1.29, 1.82) is 0 Å². The van der Waals surface area contributed by atoms with E-state index in [9.17, 15) is 14.4 Å². The topological polar surface area (TPSA) is 97.0 Å². The maximum absolute atomic E-state index is 12.6. The summed E-state index contributed by atoms with van der Waals surface area (Å²) >= 11 is 3.37. The van der Waals surface area contributed by atoms with E-state index in [0.717, 1.165) is 10.2 Å². The number of nitrogens with one attached hydrogen (secondary N) is 2. The van der Waals surface area contributed by atoms with Gasteiger partial charge in [0.2, 0.25) is 5.91 Å². The Morgan fingerprint density at radius 3 is 2.53 bits per heavy atom. The number of para-hydroxylation sites is 2. The second kappa shape index (κ2) is 10.1. The van der Waals surface area contributed by atoms with Crippen molar-refractivity contribution >= 4 is 39.3 Å². The van der Waals surface area contributed by atoms with Gasteiger partial charge in [-0.15, -0.1) is 0 Å². The van der Waals surface area contributed by atoms with Crippen LogP contribution in [0.4, 0.5) is 5.69 Å². The molecular weight excluding hydrogens is 454 g/mol. The van der Waals surface area contributed by atoms with Crippen molar-refractivity contribution in [3.63, 3.8) is 0 Å². The van der Waals surface area contributed by atoms with E-state index in [1.807, 2.05) is 31.2 Å². The van der Waals surface area contributed by atoms with Crippen molar-refractivity contribution in [1.82, 2.24) is 10.9 Å². The average molecular weight is 476 g/mol. The Balaban J connectivity index is 1.48. The Labute approximate surface area is 182 Å². The summed E-state index contributed by atoms with van der Waals surface area (Å²) in [6, 6.07) is 14.3. The van der Waals surface area contributed by atoms with Crippen LogP contribution in [0.25, 0.3) is 0 Å². The quantitative estimate of drug-likeness (QED) is 0.473. The number of hydrogen-bond donors (Lipinski definition) is 2. The Bertz CT molecular complexity index is 936. The monoisotopic (exact) mass is 475 g/mol. The molecule has 0 aromatic heterocycles. The number of nitrogens with zero attached hydrogens (tertiary/aromatic N) is 1. The predicted molar refractivity (Wildman–Crippen MR) is 114 cm³/mol. The lowest BCUT2D eigenvalue weighted by Crippen LogP contribution is -2.47. The zero-order valence-corrected chi connectivity index (χ0v) is 18.0. The molecule has 1 aliphatic heterocycles. The van der Waals surface area contributed by atoms with Crippen LogP contribution in [0.2, 0.25) is 0 Å². The van der Waals surface area contributed by atoms with Crippen molar-refractivity contribution < 1.29 is 23.9 Å². The fraction of sp³-hybridized carbons (Fsp3) is 0.286. The maximum Gasteiger partial charge on any atom is 0.276 e. The average Bonchev–Trinajstić information content (AvgIpc) is 3.13. The molecule has 158 valence electrons. The van der Waals surface area contributed by atoms with Crippen LogP contribution >= 0.6 is 15.9 Å². The number of amides is 3. The maximum atomic E-state index is 12.6. The Morgan fingerprint density at radius 1 is 1.10 bits per heavy atom. The third-order valence-electron chi connectivity index (χ3n) is 4.47. The standard InChI is InChI=1S/C21H22BrN3O5/c1-2-29-17-8-3-4-9-18(17)30-13-19(26)23-24-20(27)16-10-11-25(21(16)28)15-7-5-6-14(22)12-15/h3-9,12,16H,2,10-11,13H2,1H3,(H,23,26)(H,24,27). The van der Waals surface area contributed by atoms with Gasteiger partial charge in [-0.3, -0.25) is 25.2 Å². The van der Waals surface area contributed by atoms with E-state index in [-0.39, 0.29) is 12.5 Å². The number of rotatable bonds is 7. The first kappa shape index (κ1) is 21.6. The van der Waals surface area contributed by atoms with E-state index < -0.39 is 17.7 Å². The molecular formula is C21H22BrN3O5. The van der Waals surface area contributed by atoms with Gasteiger partial charge in [0.1, 0.15) is 5.92 Å². The molecule has 1 atom stereocenters. The van der Waals surface area contributed by atoms with Crippen LogP contribution in [-0.4, -0.2) is 37.5 Å². The van der Waals surface area contributed by atoms with E-state index in [1.165, 1.54) is 0 Å². The first-order valence-electron chi connectivity index (χ1n) is 9.50. The second-order valence-corrected chi connectivity index (χ2v) is 7.43. The number of ether oxygens (including phenoxy) is 2. The number of halogens is 1. The lowest BCUT2D eigenvalue weighted by atomic mass is 10.1. The number of anilines is 1. The van der Waals surface area contributed by atoms with Gasteiger partial charge in [-0.1, -0.05) is 34.1 Å². The summed E-state index contributed by atoms with van der Waals surface area (Å²) in [5.41, 5.74) is 5.31. The normalized spacial score (nSPS) is 15.6. The molecule has 2 aromatic rings. The van der Waals surface area contributed by atoms with Crippen molar-refractivity contribution in [2.45, 2.75) is 13.3 Å². The van der Waals surface area contributed by atoms with Crippen LogP contribution in [0.1, 0.15) is 13.3 Å². The van der Waals surface area contributed by atoms with E-state index in [0.29, 0.717) is 31.1 Å². The SMILES string of the molecule is CCOc1ccccc1OCC(=O)NNC(=O)C1CCN(c2cccc(Br)c2)C1=O. The minimum absolute atomic E-state index is 0.304. The van der Waals surface area contributed by atoms with Gasteiger partial charge in [0.15, 0.2) is 18.1 Å². The highest BCUT2D eigenvalue weighted by atomic mass is 79.9. The van der Waals surface area contributed by atoms with Gasteiger partial charge in [0, 0.05) is 16.7 Å². The highest BCUT2D eigenvalue weighted by Gasteiger charge is 2.37. The van der Waals surface area contributed by atoms with Crippen molar-refractivity contribution in [3.05, 3.63) is 53.0 Å². The van der Waals surface area contributed by atoms with Gasteiger partial charge in [-0.25, -0.2) is 0 Å². The molecule has 2 aromatic carbocycles. The van der Waals surface area contributed by atoms with Crippen LogP contribution in [0.5, 0.6) is 11.5 Å². The summed E-state index contributed by atoms with van der Waals surface area (Å²) in [5.74, 6) is -1.31. The highest BCUT2D eigenvalue weighted by Crippen LogP contribution is 2.28. The summed E-state index contributed by atoms with van der Waals surface area (Å²) in [7, 11) is 0. The largest absolute Gasteiger partial charge is 0.490 e. The number of benzene rings is 2. The molecule has 30 heavy (non-hydrogen) atoms. The zero-order chi connectivity index (χ0) is 21.5. The van der Waals surface area contributed by atoms with Gasteiger partial charge in [0.25, 0.3) is 11.8 Å². The molecule has 1 aliphatic rings. The Hall–Kier alpha value is -3.07. The zero-order valence-electron chi connectivity index (χ0n) is 16.4. The smallest absolute Gasteiger partial charge is 0.276 e. The fourth-order valence-electron chi connectivity index (χ4n) is 3.07. The molecule has 0 bridgehead atoms. The highest BCUT2D eigenvalue weighted by molar-refractivity contribution is 9.10. The third-order valence-corrected chi connectivity index (χ3v) is 4.97. The van der Waals surface area contributed by atoms with Crippen LogP contribution in [0.15, 0.2) is 53.0 Å².